The second-order valence-corrected chi connectivity index (χ2v) is 3.88. The van der Waals surface area contributed by atoms with Crippen LogP contribution in [0.15, 0.2) is 0 Å². The van der Waals surface area contributed by atoms with Gasteiger partial charge in [-0.2, -0.15) is 0 Å². The Labute approximate surface area is 66.9 Å². The van der Waals surface area contributed by atoms with Gasteiger partial charge in [-0.1, -0.05) is 6.92 Å². The average molecular weight is 154 g/mol. The Hall–Kier alpha value is -0.530. The van der Waals surface area contributed by atoms with E-state index in [0.29, 0.717) is 12.5 Å². The van der Waals surface area contributed by atoms with E-state index in [1.807, 2.05) is 0 Å². The van der Waals surface area contributed by atoms with E-state index >= 15 is 0 Å². The van der Waals surface area contributed by atoms with Gasteiger partial charge in [0.05, 0.1) is 12.5 Å². The number of esters is 1. The van der Waals surface area contributed by atoms with Gasteiger partial charge in [0.1, 0.15) is 0 Å². The molecule has 0 amide bonds. The largest absolute Gasteiger partial charge is 0.465 e. The van der Waals surface area contributed by atoms with Gasteiger partial charge in [0.15, 0.2) is 0 Å². The molecule has 1 saturated heterocycles. The molecule has 62 valence electrons. The van der Waals surface area contributed by atoms with Crippen molar-refractivity contribution in [1.29, 1.82) is 0 Å². The van der Waals surface area contributed by atoms with E-state index in [4.69, 9.17) is 4.74 Å². The van der Waals surface area contributed by atoms with Crippen molar-refractivity contribution in [3.05, 3.63) is 0 Å². The van der Waals surface area contributed by atoms with E-state index in [0.717, 1.165) is 18.8 Å². The summed E-state index contributed by atoms with van der Waals surface area (Å²) in [5.41, 5.74) is 0. The molecule has 2 nitrogen and oxygen atoms in total. The lowest BCUT2D eigenvalue weighted by molar-refractivity contribution is -0.148. The molecule has 0 aromatic carbocycles. The third-order valence-electron chi connectivity index (χ3n) is 3.05. The van der Waals surface area contributed by atoms with Crippen LogP contribution >= 0.6 is 0 Å². The van der Waals surface area contributed by atoms with Gasteiger partial charge in [-0.05, 0) is 31.1 Å². The molecule has 1 aliphatic heterocycles. The molecule has 1 aliphatic carbocycles. The van der Waals surface area contributed by atoms with Crippen molar-refractivity contribution >= 4 is 5.97 Å². The van der Waals surface area contributed by atoms with Crippen LogP contribution in [-0.4, -0.2) is 12.6 Å². The Bertz CT molecular complexity index is 176. The molecule has 11 heavy (non-hydrogen) atoms. The lowest BCUT2D eigenvalue weighted by atomic mass is 9.99. The van der Waals surface area contributed by atoms with Crippen molar-refractivity contribution < 1.29 is 9.53 Å². The summed E-state index contributed by atoms with van der Waals surface area (Å²) in [6.07, 6.45) is 3.41. The molecule has 1 saturated carbocycles. The molecule has 2 bridgehead atoms. The quantitative estimate of drug-likeness (QED) is 0.495. The van der Waals surface area contributed by atoms with Crippen molar-refractivity contribution in [2.24, 2.45) is 17.8 Å². The zero-order chi connectivity index (χ0) is 7.84. The van der Waals surface area contributed by atoms with Crippen LogP contribution in [0.25, 0.3) is 0 Å². The first-order chi connectivity index (χ1) is 5.27. The lowest BCUT2D eigenvalue weighted by Crippen LogP contribution is -2.19. The molecule has 1 heterocycles. The normalized spacial score (nSPS) is 43.4. The smallest absolute Gasteiger partial charge is 0.309 e. The van der Waals surface area contributed by atoms with Crippen molar-refractivity contribution in [2.75, 3.05) is 6.61 Å². The summed E-state index contributed by atoms with van der Waals surface area (Å²) in [5.74, 6) is 1.61. The third-order valence-corrected chi connectivity index (χ3v) is 3.05. The minimum Gasteiger partial charge on any atom is -0.465 e. The molecule has 0 aromatic heterocycles. The van der Waals surface area contributed by atoms with Crippen LogP contribution in [0.2, 0.25) is 0 Å². The van der Waals surface area contributed by atoms with Crippen molar-refractivity contribution in [1.82, 2.24) is 0 Å². The molecule has 0 spiro atoms. The molecule has 2 fully saturated rings. The van der Waals surface area contributed by atoms with Gasteiger partial charge in [-0.3, -0.25) is 4.79 Å². The zero-order valence-electron chi connectivity index (χ0n) is 6.88. The highest BCUT2D eigenvalue weighted by Gasteiger charge is 2.38. The molecule has 2 heteroatoms. The van der Waals surface area contributed by atoms with Crippen LogP contribution in [0.1, 0.15) is 26.2 Å². The number of cyclic esters (lactones) is 1. The number of hydrogen-bond acceptors (Lipinski definition) is 2. The first-order valence-electron chi connectivity index (χ1n) is 4.44. The summed E-state index contributed by atoms with van der Waals surface area (Å²) >= 11 is 0. The second-order valence-electron chi connectivity index (χ2n) is 3.88. The lowest BCUT2D eigenvalue weighted by Gasteiger charge is -2.14. The Morgan fingerprint density at radius 1 is 1.45 bits per heavy atom. The van der Waals surface area contributed by atoms with Gasteiger partial charge in [-0.15, -0.1) is 0 Å². The van der Waals surface area contributed by atoms with Crippen molar-refractivity contribution in [2.45, 2.75) is 26.2 Å². The maximum absolute atomic E-state index is 11.3. The molecule has 3 unspecified atom stereocenters. The van der Waals surface area contributed by atoms with Gasteiger partial charge in [0.25, 0.3) is 0 Å². The van der Waals surface area contributed by atoms with Crippen LogP contribution in [-0.2, 0) is 9.53 Å². The van der Waals surface area contributed by atoms with E-state index in [9.17, 15) is 4.79 Å². The molecule has 0 aromatic rings. The number of carbonyl (C=O) groups is 1. The Balaban J connectivity index is 2.15. The van der Waals surface area contributed by atoms with E-state index in [-0.39, 0.29) is 11.9 Å². The highest BCUT2D eigenvalue weighted by atomic mass is 16.5. The predicted molar refractivity (Wildman–Crippen MR) is 41.0 cm³/mol. The monoisotopic (exact) mass is 154 g/mol. The number of carbonyl (C=O) groups excluding carboxylic acids is 1. The predicted octanol–water partition coefficient (Wildman–Crippen LogP) is 1.60. The fourth-order valence-electron chi connectivity index (χ4n) is 2.38. The van der Waals surface area contributed by atoms with Gasteiger partial charge >= 0.3 is 5.97 Å². The minimum atomic E-state index is 0.0532. The summed E-state index contributed by atoms with van der Waals surface area (Å²) in [5, 5.41) is 0. The average Bonchev–Trinajstić information content (AvgIpc) is 2.20. The first-order valence-corrected chi connectivity index (χ1v) is 4.44. The standard InChI is InChI=1S/C9H14O2/c1-6-4-7-2-3-11-9(10)8(6)5-7/h6-8H,2-5H2,1H3. The molecule has 2 rings (SSSR count). The summed E-state index contributed by atoms with van der Waals surface area (Å²) in [4.78, 5) is 11.3. The van der Waals surface area contributed by atoms with Crippen LogP contribution in [0.4, 0.5) is 0 Å². The van der Waals surface area contributed by atoms with E-state index < -0.39 is 0 Å². The molecular formula is C9H14O2. The number of fused-ring (bicyclic) bond motifs is 2. The summed E-state index contributed by atoms with van der Waals surface area (Å²) in [6, 6.07) is 0. The van der Waals surface area contributed by atoms with Crippen molar-refractivity contribution in [3.63, 3.8) is 0 Å². The molecule has 3 atom stereocenters. The Morgan fingerprint density at radius 3 is 3.09 bits per heavy atom. The minimum absolute atomic E-state index is 0.0532. The zero-order valence-corrected chi connectivity index (χ0v) is 6.88. The van der Waals surface area contributed by atoms with Crippen molar-refractivity contribution in [3.8, 4) is 0 Å². The number of rotatable bonds is 0. The Morgan fingerprint density at radius 2 is 2.27 bits per heavy atom. The molecule has 0 radical (unpaired) electrons. The van der Waals surface area contributed by atoms with Crippen LogP contribution in [0.5, 0.6) is 0 Å². The third kappa shape index (κ3) is 1.15. The second kappa shape index (κ2) is 2.50. The highest BCUT2D eigenvalue weighted by Crippen LogP contribution is 2.40. The molecular weight excluding hydrogens is 140 g/mol. The number of hydrogen-bond donors (Lipinski definition) is 0. The first kappa shape index (κ1) is 7.14. The van der Waals surface area contributed by atoms with Crippen LogP contribution < -0.4 is 0 Å². The van der Waals surface area contributed by atoms with E-state index in [1.165, 1.54) is 6.42 Å². The summed E-state index contributed by atoms with van der Waals surface area (Å²) in [6.45, 7) is 2.82. The van der Waals surface area contributed by atoms with Gasteiger partial charge in [0.2, 0.25) is 0 Å². The van der Waals surface area contributed by atoms with Gasteiger partial charge < -0.3 is 4.74 Å². The fraction of sp³-hybridized carbons (Fsp3) is 0.889. The highest BCUT2D eigenvalue weighted by molar-refractivity contribution is 5.73. The van der Waals surface area contributed by atoms with Crippen LogP contribution in [0.3, 0.4) is 0 Å². The van der Waals surface area contributed by atoms with E-state index in [1.54, 1.807) is 0 Å². The molecule has 0 N–H and O–H groups in total. The Kier molecular flexibility index (Phi) is 1.63. The SMILES string of the molecule is CC1CC2CCOC(=O)C1C2. The summed E-state index contributed by atoms with van der Waals surface area (Å²) < 4.78 is 5.07. The molecule has 2 aliphatic rings. The topological polar surface area (TPSA) is 26.3 Å². The summed E-state index contributed by atoms with van der Waals surface area (Å²) in [7, 11) is 0. The fourth-order valence-corrected chi connectivity index (χ4v) is 2.38. The van der Waals surface area contributed by atoms with Gasteiger partial charge in [0, 0.05) is 0 Å². The maximum atomic E-state index is 11.3. The number of ether oxygens (including phenoxy) is 1. The van der Waals surface area contributed by atoms with Crippen LogP contribution in [0, 0.1) is 17.8 Å². The van der Waals surface area contributed by atoms with Gasteiger partial charge in [-0.25, -0.2) is 0 Å². The maximum Gasteiger partial charge on any atom is 0.309 e. The van der Waals surface area contributed by atoms with E-state index in [2.05, 4.69) is 6.92 Å².